The summed E-state index contributed by atoms with van der Waals surface area (Å²) in [5.74, 6) is -0.695. The van der Waals surface area contributed by atoms with Crippen LogP contribution in [0.2, 0.25) is 5.02 Å². The van der Waals surface area contributed by atoms with Crippen LogP contribution in [0.5, 0.6) is 5.75 Å². The van der Waals surface area contributed by atoms with Gasteiger partial charge < -0.3 is 19.9 Å². The van der Waals surface area contributed by atoms with E-state index >= 15 is 0 Å². The van der Waals surface area contributed by atoms with Gasteiger partial charge in [-0.1, -0.05) is 11.6 Å². The highest BCUT2D eigenvalue weighted by Crippen LogP contribution is 2.37. The Bertz CT molecular complexity index is 1600. The third kappa shape index (κ3) is 6.54. The first-order chi connectivity index (χ1) is 21.3. The number of aliphatic hydroxyl groups excluding tert-OH is 1. The molecule has 5 heterocycles. The number of halogens is 3. The molecule has 3 aromatic heterocycles. The summed E-state index contributed by atoms with van der Waals surface area (Å²) in [6.45, 7) is -0.0750. The summed E-state index contributed by atoms with van der Waals surface area (Å²) >= 11 is 6.23. The molecule has 12 nitrogen and oxygen atoms in total. The van der Waals surface area contributed by atoms with E-state index in [9.17, 15) is 18.7 Å². The van der Waals surface area contributed by atoms with Crippen molar-refractivity contribution >= 4 is 28.8 Å². The molecule has 0 saturated carbocycles. The van der Waals surface area contributed by atoms with Crippen molar-refractivity contribution in [2.75, 3.05) is 38.7 Å². The molecule has 1 amide bonds. The van der Waals surface area contributed by atoms with Gasteiger partial charge in [-0.2, -0.15) is 19.0 Å². The standard InChI is InChI=1S/C29H33ClF2N8O4/c1-37(20-7-12-43-17-20)19-5-10-38(11-6-19)25(41)16-39-15-23(35-28(42)22-14-34-40-9-2-8-33-27(22)40)26(36-39)21-13-18(30)3-4-24(21)44-29(31)32/h2-4,8-9,13-15,19-20,25,29,41H,5-7,10-12,16-17H2,1H3,(H,35,42)/t20-,25?/m1/s1. The van der Waals surface area contributed by atoms with E-state index in [-0.39, 0.29) is 39.8 Å². The number of carbonyl (C=O) groups excluding carboxylic acids is 1. The van der Waals surface area contributed by atoms with Crippen LogP contribution in [0.3, 0.4) is 0 Å². The molecule has 1 unspecified atom stereocenters. The fourth-order valence-corrected chi connectivity index (χ4v) is 6.06. The topological polar surface area (TPSA) is 122 Å². The highest BCUT2D eigenvalue weighted by Gasteiger charge is 2.31. The highest BCUT2D eigenvalue weighted by molar-refractivity contribution is 6.31. The maximum Gasteiger partial charge on any atom is 0.387 e. The minimum absolute atomic E-state index is 0.0731. The number of piperidine rings is 1. The molecule has 15 heteroatoms. The molecule has 2 saturated heterocycles. The van der Waals surface area contributed by atoms with Crippen LogP contribution in [-0.4, -0.2) is 103 Å². The van der Waals surface area contributed by atoms with Crippen LogP contribution in [0, 0.1) is 0 Å². The average molecular weight is 631 g/mol. The number of nitrogens with one attached hydrogen (secondary N) is 1. The molecule has 0 bridgehead atoms. The van der Waals surface area contributed by atoms with Crippen molar-refractivity contribution in [3.8, 4) is 17.0 Å². The lowest BCUT2D eigenvalue weighted by Crippen LogP contribution is -2.50. The molecule has 2 N–H and O–H groups in total. The lowest BCUT2D eigenvalue weighted by atomic mass is 10.0. The van der Waals surface area contributed by atoms with E-state index in [1.165, 1.54) is 33.6 Å². The van der Waals surface area contributed by atoms with Crippen molar-refractivity contribution in [2.24, 2.45) is 0 Å². The number of nitrogens with zero attached hydrogens (tertiary/aromatic N) is 7. The zero-order valence-electron chi connectivity index (χ0n) is 24.0. The van der Waals surface area contributed by atoms with Gasteiger partial charge in [-0.25, -0.2) is 9.50 Å². The van der Waals surface area contributed by atoms with Crippen LogP contribution in [0.15, 0.2) is 49.1 Å². The normalized spacial score (nSPS) is 18.8. The second kappa shape index (κ2) is 13.1. The quantitative estimate of drug-likeness (QED) is 0.271. The number of likely N-dealkylation sites (N-methyl/N-ethyl adjacent to an activating group) is 1. The van der Waals surface area contributed by atoms with Crippen LogP contribution in [0.25, 0.3) is 16.9 Å². The number of ether oxygens (including phenoxy) is 2. The van der Waals surface area contributed by atoms with E-state index in [1.807, 2.05) is 4.90 Å². The Balaban J connectivity index is 1.23. The molecule has 6 rings (SSSR count). The number of rotatable bonds is 10. The van der Waals surface area contributed by atoms with Crippen molar-refractivity contribution in [1.82, 2.24) is 34.2 Å². The number of alkyl halides is 2. The summed E-state index contributed by atoms with van der Waals surface area (Å²) in [5.41, 5.74) is 1.05. The zero-order valence-corrected chi connectivity index (χ0v) is 24.8. The molecule has 0 radical (unpaired) electrons. The van der Waals surface area contributed by atoms with E-state index < -0.39 is 18.7 Å². The maximum atomic E-state index is 13.4. The number of amides is 1. The lowest BCUT2D eigenvalue weighted by Gasteiger charge is -2.40. The first-order valence-electron chi connectivity index (χ1n) is 14.4. The summed E-state index contributed by atoms with van der Waals surface area (Å²) in [7, 11) is 2.14. The molecule has 4 aromatic rings. The number of hydrogen-bond acceptors (Lipinski definition) is 9. The van der Waals surface area contributed by atoms with E-state index in [2.05, 4.69) is 32.4 Å². The largest absolute Gasteiger partial charge is 0.434 e. The van der Waals surface area contributed by atoms with Gasteiger partial charge in [0.1, 0.15) is 23.2 Å². The lowest BCUT2D eigenvalue weighted by molar-refractivity contribution is -0.0494. The van der Waals surface area contributed by atoms with Gasteiger partial charge in [0.25, 0.3) is 5.91 Å². The summed E-state index contributed by atoms with van der Waals surface area (Å²) in [4.78, 5) is 22.0. The summed E-state index contributed by atoms with van der Waals surface area (Å²) in [5, 5.41) is 23.0. The average Bonchev–Trinajstić information content (AvgIpc) is 3.78. The Morgan fingerprint density at radius 1 is 1.27 bits per heavy atom. The number of anilines is 1. The Morgan fingerprint density at radius 3 is 2.84 bits per heavy atom. The van der Waals surface area contributed by atoms with E-state index in [4.69, 9.17) is 21.1 Å². The van der Waals surface area contributed by atoms with Crippen molar-refractivity contribution in [1.29, 1.82) is 0 Å². The molecule has 2 aliphatic heterocycles. The van der Waals surface area contributed by atoms with Gasteiger partial charge >= 0.3 is 6.61 Å². The molecule has 2 fully saturated rings. The van der Waals surface area contributed by atoms with E-state index in [0.717, 1.165) is 32.5 Å². The SMILES string of the molecule is CN(C1CCN(C(O)Cn2cc(NC(=O)c3cnn4cccnc34)c(-c3cc(Cl)ccc3OC(F)F)n2)CC1)[C@@H]1CCOC1. The second-order valence-corrected chi connectivity index (χ2v) is 11.4. The predicted octanol–water partition coefficient (Wildman–Crippen LogP) is 3.60. The fraction of sp³-hybridized carbons (Fsp3) is 0.448. The van der Waals surface area contributed by atoms with Crippen molar-refractivity contribution in [3.05, 3.63) is 59.6 Å². The smallest absolute Gasteiger partial charge is 0.387 e. The van der Waals surface area contributed by atoms with Gasteiger partial charge in [0.15, 0.2) is 5.65 Å². The first kappa shape index (κ1) is 30.3. The first-order valence-corrected chi connectivity index (χ1v) is 14.8. The number of carbonyl (C=O) groups is 1. The Kier molecular flexibility index (Phi) is 9.05. The minimum atomic E-state index is -3.09. The van der Waals surface area contributed by atoms with Crippen molar-refractivity contribution in [3.63, 3.8) is 0 Å². The van der Waals surface area contributed by atoms with Crippen LogP contribution in [-0.2, 0) is 11.3 Å². The number of hydrogen-bond donors (Lipinski definition) is 2. The van der Waals surface area contributed by atoms with Crippen LogP contribution >= 0.6 is 11.6 Å². The van der Waals surface area contributed by atoms with Crippen molar-refractivity contribution < 1.29 is 28.2 Å². The molecule has 0 spiro atoms. The molecule has 234 valence electrons. The van der Waals surface area contributed by atoms with Crippen molar-refractivity contribution in [2.45, 2.75) is 50.7 Å². The van der Waals surface area contributed by atoms with Crippen LogP contribution in [0.4, 0.5) is 14.5 Å². The second-order valence-electron chi connectivity index (χ2n) is 11.0. The Labute approximate surface area is 257 Å². The molecule has 1 aromatic carbocycles. The van der Waals surface area contributed by atoms with Gasteiger partial charge in [-0.05, 0) is 50.6 Å². The predicted molar refractivity (Wildman–Crippen MR) is 158 cm³/mol. The van der Waals surface area contributed by atoms with Gasteiger partial charge in [0.05, 0.1) is 25.0 Å². The number of fused-ring (bicyclic) bond motifs is 1. The van der Waals surface area contributed by atoms with Crippen LogP contribution < -0.4 is 10.1 Å². The zero-order chi connectivity index (χ0) is 30.8. The Morgan fingerprint density at radius 2 is 2.09 bits per heavy atom. The number of aromatic nitrogens is 5. The molecular weight excluding hydrogens is 598 g/mol. The number of benzene rings is 1. The summed E-state index contributed by atoms with van der Waals surface area (Å²) < 4.78 is 39.8. The number of likely N-dealkylation sites (tertiary alicyclic amines) is 1. The third-order valence-electron chi connectivity index (χ3n) is 8.28. The summed E-state index contributed by atoms with van der Waals surface area (Å²) in [6, 6.07) is 6.70. The number of aliphatic hydroxyl groups is 1. The Hall–Kier alpha value is -3.69. The monoisotopic (exact) mass is 630 g/mol. The van der Waals surface area contributed by atoms with Gasteiger partial charge in [0.2, 0.25) is 0 Å². The third-order valence-corrected chi connectivity index (χ3v) is 8.51. The highest BCUT2D eigenvalue weighted by atomic mass is 35.5. The minimum Gasteiger partial charge on any atom is -0.434 e. The molecule has 0 aliphatic carbocycles. The van der Waals surface area contributed by atoms with Gasteiger partial charge in [-0.15, -0.1) is 0 Å². The van der Waals surface area contributed by atoms with E-state index in [0.29, 0.717) is 30.8 Å². The fourth-order valence-electron chi connectivity index (χ4n) is 5.88. The molecule has 44 heavy (non-hydrogen) atoms. The summed E-state index contributed by atoms with van der Waals surface area (Å²) in [6.07, 6.45) is 8.11. The van der Waals surface area contributed by atoms with Gasteiger partial charge in [0, 0.05) is 61.0 Å². The van der Waals surface area contributed by atoms with Crippen LogP contribution in [0.1, 0.15) is 29.6 Å². The molecule has 2 aliphatic rings. The van der Waals surface area contributed by atoms with Gasteiger partial charge in [-0.3, -0.25) is 19.3 Å². The van der Waals surface area contributed by atoms with E-state index in [1.54, 1.807) is 24.7 Å². The molecule has 2 atom stereocenters. The maximum absolute atomic E-state index is 13.4. The molecular formula is C29H33ClF2N8O4.